The minimum atomic E-state index is 0.356. The molecule has 0 aliphatic rings. The van der Waals surface area contributed by atoms with Gasteiger partial charge in [-0.05, 0) is 41.8 Å². The fourth-order valence-electron chi connectivity index (χ4n) is 3.89. The van der Waals surface area contributed by atoms with Crippen LogP contribution in [0.25, 0.3) is 33.4 Å². The molecule has 0 bridgehead atoms. The molecule has 0 amide bonds. The van der Waals surface area contributed by atoms with Crippen molar-refractivity contribution in [3.63, 3.8) is 0 Å². The van der Waals surface area contributed by atoms with Crippen molar-refractivity contribution in [2.75, 3.05) is 25.6 Å². The average Bonchev–Trinajstić information content (AvgIpc) is 3.30. The van der Waals surface area contributed by atoms with Crippen molar-refractivity contribution in [2.45, 2.75) is 19.8 Å². The SMILES string of the molecule is COCCOc1cc(-c2nn(C)cc2-c2cnc3ccc(Nc4cc(C(C)C)cnn4)nc3c2)ccn1. The van der Waals surface area contributed by atoms with E-state index in [-0.39, 0.29) is 0 Å². The third kappa shape index (κ3) is 5.54. The Balaban J connectivity index is 1.46. The highest BCUT2D eigenvalue weighted by atomic mass is 16.5. The molecule has 0 aliphatic carbocycles. The first-order chi connectivity index (χ1) is 18.0. The second-order valence-electron chi connectivity index (χ2n) is 8.90. The van der Waals surface area contributed by atoms with Crippen LogP contribution in [0.4, 0.5) is 11.6 Å². The van der Waals surface area contributed by atoms with E-state index in [2.05, 4.69) is 39.3 Å². The van der Waals surface area contributed by atoms with E-state index in [9.17, 15) is 0 Å². The monoisotopic (exact) mass is 496 g/mol. The Bertz CT molecular complexity index is 1530. The molecule has 188 valence electrons. The molecule has 5 rings (SSSR count). The first-order valence-corrected chi connectivity index (χ1v) is 12.0. The summed E-state index contributed by atoms with van der Waals surface area (Å²) in [6.07, 6.45) is 7.31. The van der Waals surface area contributed by atoms with Crippen LogP contribution >= 0.6 is 0 Å². The quantitative estimate of drug-likeness (QED) is 0.288. The summed E-state index contributed by atoms with van der Waals surface area (Å²) in [4.78, 5) is 13.7. The van der Waals surface area contributed by atoms with Crippen molar-refractivity contribution < 1.29 is 9.47 Å². The van der Waals surface area contributed by atoms with Crippen molar-refractivity contribution in [3.8, 4) is 28.3 Å². The molecule has 0 saturated heterocycles. The van der Waals surface area contributed by atoms with Crippen LogP contribution in [0.3, 0.4) is 0 Å². The van der Waals surface area contributed by atoms with Gasteiger partial charge in [-0.2, -0.15) is 10.2 Å². The van der Waals surface area contributed by atoms with Gasteiger partial charge in [0.1, 0.15) is 18.1 Å². The highest BCUT2D eigenvalue weighted by molar-refractivity contribution is 5.86. The lowest BCUT2D eigenvalue weighted by Gasteiger charge is -2.09. The number of rotatable bonds is 9. The van der Waals surface area contributed by atoms with E-state index >= 15 is 0 Å². The third-order valence-corrected chi connectivity index (χ3v) is 5.82. The number of nitrogens with zero attached hydrogens (tertiary/aromatic N) is 7. The van der Waals surface area contributed by atoms with Crippen LogP contribution in [-0.2, 0) is 11.8 Å². The Morgan fingerprint density at radius 1 is 0.946 bits per heavy atom. The van der Waals surface area contributed by atoms with E-state index in [0.29, 0.717) is 36.6 Å². The van der Waals surface area contributed by atoms with E-state index in [1.165, 1.54) is 0 Å². The van der Waals surface area contributed by atoms with Gasteiger partial charge in [-0.25, -0.2) is 9.97 Å². The topological polar surface area (TPSA) is 113 Å². The maximum atomic E-state index is 5.69. The van der Waals surface area contributed by atoms with Crippen LogP contribution in [-0.4, -0.2) is 55.3 Å². The molecule has 0 spiro atoms. The van der Waals surface area contributed by atoms with Gasteiger partial charge in [-0.15, -0.1) is 5.10 Å². The Morgan fingerprint density at radius 2 is 1.84 bits per heavy atom. The molecular weight excluding hydrogens is 468 g/mol. The van der Waals surface area contributed by atoms with Crippen LogP contribution in [0.2, 0.25) is 0 Å². The summed E-state index contributed by atoms with van der Waals surface area (Å²) in [5.41, 5.74) is 6.18. The number of pyridine rings is 3. The molecule has 10 nitrogen and oxygen atoms in total. The number of methoxy groups -OCH3 is 1. The molecule has 37 heavy (non-hydrogen) atoms. The summed E-state index contributed by atoms with van der Waals surface area (Å²) in [7, 11) is 3.53. The summed E-state index contributed by atoms with van der Waals surface area (Å²) in [5, 5.41) is 16.3. The first kappa shape index (κ1) is 24.3. The summed E-state index contributed by atoms with van der Waals surface area (Å²) in [5.74, 6) is 2.19. The highest BCUT2D eigenvalue weighted by Gasteiger charge is 2.15. The standard InChI is InChI=1S/C27H28N8O2/c1-17(2)19-12-25(33-30-15-19)32-24-6-5-22-23(31-24)11-20(14-29-22)21-16-35(3)34-27(21)18-7-8-28-26(13-18)37-10-9-36-4/h5-8,11-17H,9-10H2,1-4H3,(H,31,32,33). The van der Waals surface area contributed by atoms with Crippen molar-refractivity contribution in [3.05, 3.63) is 66.7 Å². The zero-order chi connectivity index (χ0) is 25.8. The fraction of sp³-hybridized carbons (Fsp3) is 0.259. The smallest absolute Gasteiger partial charge is 0.213 e. The third-order valence-electron chi connectivity index (χ3n) is 5.82. The molecule has 0 aliphatic heterocycles. The molecule has 1 N–H and O–H groups in total. The van der Waals surface area contributed by atoms with Crippen molar-refractivity contribution >= 4 is 22.7 Å². The lowest BCUT2D eigenvalue weighted by atomic mass is 10.0. The second-order valence-corrected chi connectivity index (χ2v) is 8.90. The van der Waals surface area contributed by atoms with E-state index in [1.54, 1.807) is 24.2 Å². The van der Waals surface area contributed by atoms with Gasteiger partial charge in [0.05, 0.1) is 23.8 Å². The molecule has 0 saturated carbocycles. The molecule has 0 atom stereocenters. The lowest BCUT2D eigenvalue weighted by Crippen LogP contribution is -2.05. The minimum absolute atomic E-state index is 0.356. The van der Waals surface area contributed by atoms with Gasteiger partial charge in [0.2, 0.25) is 5.88 Å². The molecule has 10 heteroatoms. The summed E-state index contributed by atoms with van der Waals surface area (Å²) < 4.78 is 12.5. The van der Waals surface area contributed by atoms with Gasteiger partial charge < -0.3 is 14.8 Å². The minimum Gasteiger partial charge on any atom is -0.475 e. The van der Waals surface area contributed by atoms with Crippen LogP contribution in [0.1, 0.15) is 25.3 Å². The number of nitrogens with one attached hydrogen (secondary N) is 1. The van der Waals surface area contributed by atoms with E-state index in [0.717, 1.165) is 39.0 Å². The Hall–Kier alpha value is -4.44. The Labute approximate surface area is 214 Å². The molecule has 0 radical (unpaired) electrons. The normalized spacial score (nSPS) is 11.3. The predicted octanol–water partition coefficient (Wildman–Crippen LogP) is 4.77. The summed E-state index contributed by atoms with van der Waals surface area (Å²) >= 11 is 0. The van der Waals surface area contributed by atoms with Crippen molar-refractivity contribution in [1.29, 1.82) is 0 Å². The number of ether oxygens (including phenoxy) is 2. The number of aryl methyl sites for hydroxylation is 1. The van der Waals surface area contributed by atoms with Gasteiger partial charge in [-0.3, -0.25) is 9.67 Å². The molecular formula is C27H28N8O2. The maximum absolute atomic E-state index is 5.69. The molecule has 5 aromatic heterocycles. The van der Waals surface area contributed by atoms with Gasteiger partial charge in [0, 0.05) is 55.5 Å². The lowest BCUT2D eigenvalue weighted by molar-refractivity contribution is 0.144. The van der Waals surface area contributed by atoms with E-state index < -0.39 is 0 Å². The number of fused-ring (bicyclic) bond motifs is 1. The van der Waals surface area contributed by atoms with Crippen molar-refractivity contribution in [1.82, 2.24) is 34.9 Å². The van der Waals surface area contributed by atoms with Crippen LogP contribution < -0.4 is 10.1 Å². The number of aromatic nitrogens is 7. The van der Waals surface area contributed by atoms with E-state index in [1.807, 2.05) is 55.8 Å². The van der Waals surface area contributed by atoms with Crippen LogP contribution in [0.5, 0.6) is 5.88 Å². The van der Waals surface area contributed by atoms with Gasteiger partial charge >= 0.3 is 0 Å². The fourth-order valence-corrected chi connectivity index (χ4v) is 3.89. The summed E-state index contributed by atoms with van der Waals surface area (Å²) in [6.45, 7) is 5.15. The van der Waals surface area contributed by atoms with E-state index in [4.69, 9.17) is 19.6 Å². The molecule has 0 unspecified atom stereocenters. The van der Waals surface area contributed by atoms with Gasteiger partial charge in [0.15, 0.2) is 5.82 Å². The maximum Gasteiger partial charge on any atom is 0.213 e. The Morgan fingerprint density at radius 3 is 2.68 bits per heavy atom. The van der Waals surface area contributed by atoms with Gasteiger partial charge in [-0.1, -0.05) is 13.8 Å². The first-order valence-electron chi connectivity index (χ1n) is 12.0. The molecule has 0 fully saturated rings. The Kier molecular flexibility index (Phi) is 7.00. The molecule has 0 aromatic carbocycles. The zero-order valence-corrected chi connectivity index (χ0v) is 21.2. The molecule has 5 aromatic rings. The average molecular weight is 497 g/mol. The zero-order valence-electron chi connectivity index (χ0n) is 21.2. The van der Waals surface area contributed by atoms with Crippen LogP contribution in [0.15, 0.2) is 61.2 Å². The van der Waals surface area contributed by atoms with Gasteiger partial charge in [0.25, 0.3) is 0 Å². The number of anilines is 2. The largest absolute Gasteiger partial charge is 0.475 e. The predicted molar refractivity (Wildman–Crippen MR) is 142 cm³/mol. The summed E-state index contributed by atoms with van der Waals surface area (Å²) in [6, 6.07) is 11.6. The molecule has 5 heterocycles. The van der Waals surface area contributed by atoms with Crippen LogP contribution in [0, 0.1) is 0 Å². The number of hydrogen-bond acceptors (Lipinski definition) is 9. The highest BCUT2D eigenvalue weighted by Crippen LogP contribution is 2.33. The van der Waals surface area contributed by atoms with Crippen molar-refractivity contribution in [2.24, 2.45) is 7.05 Å². The second kappa shape index (κ2) is 10.7. The number of hydrogen-bond donors (Lipinski definition) is 1.